The van der Waals surface area contributed by atoms with Crippen molar-refractivity contribution in [3.05, 3.63) is 72.0 Å². The minimum atomic E-state index is -0.981. The van der Waals surface area contributed by atoms with Gasteiger partial charge < -0.3 is 20.3 Å². The third-order valence-electron chi connectivity index (χ3n) is 10.5. The Morgan fingerprint density at radius 2 is 1.98 bits per heavy atom. The highest BCUT2D eigenvalue weighted by Crippen LogP contribution is 2.41. The number of benzene rings is 1. The number of rotatable bonds is 8. The first kappa shape index (κ1) is 35.1. The molecule has 0 unspecified atom stereocenters. The lowest BCUT2D eigenvalue weighted by Gasteiger charge is -2.41. The van der Waals surface area contributed by atoms with Gasteiger partial charge in [-0.15, -0.1) is 0 Å². The lowest BCUT2D eigenvalue weighted by molar-refractivity contribution is -0.128. The molecule has 16 heteroatoms. The number of carbonyl (C=O) groups excluding carboxylic acids is 1. The Bertz CT molecular complexity index is 2350. The summed E-state index contributed by atoms with van der Waals surface area (Å²) in [5.41, 5.74) is 5.62. The molecule has 54 heavy (non-hydrogen) atoms. The van der Waals surface area contributed by atoms with E-state index in [-0.39, 0.29) is 83.9 Å². The van der Waals surface area contributed by atoms with Gasteiger partial charge in [0.05, 0.1) is 35.2 Å². The molecule has 3 aliphatic rings. The third-order valence-corrected chi connectivity index (χ3v) is 10.5. The second-order valence-corrected chi connectivity index (χ2v) is 14.0. The van der Waals surface area contributed by atoms with Crippen molar-refractivity contribution >= 4 is 45.3 Å². The smallest absolute Gasteiger partial charge is 0.319 e. The van der Waals surface area contributed by atoms with Crippen molar-refractivity contribution in [2.24, 2.45) is 0 Å². The Balaban J connectivity index is 1.18. The average Bonchev–Trinajstić information content (AvgIpc) is 3.68. The first-order valence-corrected chi connectivity index (χ1v) is 17.8. The Labute approximate surface area is 308 Å². The number of anilines is 2. The van der Waals surface area contributed by atoms with Crippen LogP contribution in [0.1, 0.15) is 37.2 Å². The van der Waals surface area contributed by atoms with E-state index in [0.717, 1.165) is 19.4 Å². The molecule has 276 valence electrons. The van der Waals surface area contributed by atoms with E-state index in [1.54, 1.807) is 36.2 Å². The van der Waals surface area contributed by atoms with Gasteiger partial charge in [0.25, 0.3) is 0 Å². The number of hydrogen-bond donors (Lipinski definition) is 1. The molecule has 3 aliphatic heterocycles. The number of carbonyl (C=O) groups is 1. The second-order valence-electron chi connectivity index (χ2n) is 14.0. The molecule has 13 nitrogen and oxygen atoms in total. The molecule has 5 aromatic rings. The quantitative estimate of drug-likeness (QED) is 0.217. The fourth-order valence-electron chi connectivity index (χ4n) is 8.04. The number of fused-ring (bicyclic) bond motifs is 3. The maximum absolute atomic E-state index is 16.9. The Morgan fingerprint density at radius 1 is 1.11 bits per heavy atom. The number of amides is 1. The molecule has 0 saturated carbocycles. The summed E-state index contributed by atoms with van der Waals surface area (Å²) in [4.78, 5) is 45.3. The molecule has 1 amide bonds. The number of hydrogen-bond acceptors (Lipinski definition) is 12. The number of piperazine rings is 1. The monoisotopic (exact) mass is 735 g/mol. The van der Waals surface area contributed by atoms with Crippen LogP contribution >= 0.6 is 0 Å². The topological polar surface area (TPSA) is 163 Å². The minimum absolute atomic E-state index is 0.0221. The van der Waals surface area contributed by atoms with Crippen molar-refractivity contribution in [3.8, 4) is 23.5 Å². The van der Waals surface area contributed by atoms with Crippen molar-refractivity contribution in [3.63, 3.8) is 0 Å². The Kier molecular flexibility index (Phi) is 9.18. The number of ether oxygens (including phenoxy) is 1. The van der Waals surface area contributed by atoms with Crippen LogP contribution in [0.5, 0.6) is 6.01 Å². The van der Waals surface area contributed by atoms with Crippen LogP contribution in [-0.2, 0) is 4.79 Å². The summed E-state index contributed by atoms with van der Waals surface area (Å²) >= 11 is 0. The summed E-state index contributed by atoms with van der Waals surface area (Å²) in [6.07, 6.45) is 7.02. The molecule has 8 rings (SSSR count). The van der Waals surface area contributed by atoms with Gasteiger partial charge in [0, 0.05) is 56.5 Å². The predicted molar refractivity (Wildman–Crippen MR) is 195 cm³/mol. The zero-order valence-electron chi connectivity index (χ0n) is 29.4. The maximum Gasteiger partial charge on any atom is 0.319 e. The summed E-state index contributed by atoms with van der Waals surface area (Å²) in [6, 6.07) is 9.11. The molecule has 3 saturated heterocycles. The van der Waals surface area contributed by atoms with Gasteiger partial charge in [-0.1, -0.05) is 12.1 Å². The van der Waals surface area contributed by atoms with Crippen molar-refractivity contribution in [2.75, 3.05) is 50.0 Å². The van der Waals surface area contributed by atoms with E-state index in [0.29, 0.717) is 29.9 Å². The Morgan fingerprint density at radius 3 is 2.81 bits per heavy atom. The van der Waals surface area contributed by atoms with E-state index in [2.05, 4.69) is 35.9 Å². The van der Waals surface area contributed by atoms with E-state index >= 15 is 8.78 Å². The fourth-order valence-corrected chi connectivity index (χ4v) is 8.04. The maximum atomic E-state index is 16.9. The number of nitrogen functional groups attached to an aromatic ring is 1. The van der Waals surface area contributed by atoms with Gasteiger partial charge in [0.2, 0.25) is 5.91 Å². The van der Waals surface area contributed by atoms with Crippen molar-refractivity contribution in [1.82, 2.24) is 39.7 Å². The zero-order valence-corrected chi connectivity index (χ0v) is 29.4. The Hall–Kier alpha value is -5.95. The summed E-state index contributed by atoms with van der Waals surface area (Å²) in [5, 5.41) is 10.5. The van der Waals surface area contributed by atoms with Crippen molar-refractivity contribution in [1.29, 1.82) is 5.26 Å². The normalized spacial score (nSPS) is 21.6. The van der Waals surface area contributed by atoms with Crippen LogP contribution in [-0.4, -0.2) is 103 Å². The summed E-state index contributed by atoms with van der Waals surface area (Å²) in [7, 11) is 0. The van der Waals surface area contributed by atoms with Crippen LogP contribution in [0.3, 0.4) is 0 Å². The minimum Gasteiger partial charge on any atom is -0.461 e. The molecule has 4 aromatic heterocycles. The molecule has 7 heterocycles. The predicted octanol–water partition coefficient (Wildman–Crippen LogP) is 4.80. The number of nitrogens with zero attached hydrogens (tertiary/aromatic N) is 10. The third kappa shape index (κ3) is 6.48. The number of pyridine rings is 2. The molecule has 0 radical (unpaired) electrons. The van der Waals surface area contributed by atoms with Gasteiger partial charge in [-0.05, 0) is 56.0 Å². The molecular formula is C38H36F3N11O2. The molecular weight excluding hydrogens is 699 g/mol. The van der Waals surface area contributed by atoms with E-state index in [1.165, 1.54) is 30.5 Å². The largest absolute Gasteiger partial charge is 0.461 e. The summed E-state index contributed by atoms with van der Waals surface area (Å²) in [5.74, 6) is -0.901. The highest BCUT2D eigenvalue weighted by molar-refractivity contribution is 5.99. The van der Waals surface area contributed by atoms with Crippen LogP contribution < -0.4 is 15.4 Å². The van der Waals surface area contributed by atoms with Crippen LogP contribution in [0.2, 0.25) is 0 Å². The number of halogens is 3. The molecule has 0 bridgehead atoms. The zero-order chi connectivity index (χ0) is 37.6. The fraction of sp³-hybridized carbons (Fsp3) is 0.368. The standard InChI is InChI=1S/C38H36F3N11O2/c1-22-44-12-9-25(46-22)6-7-30(53)52-15-14-50(20-26(52)8-11-42)36-27-18-45-35(34-31-23(16-29(43)47-34)4-2-5-28(31)40)32(41)33(27)48-37(49-36)54-21-38-10-3-13-51(38)19-24(39)17-38/h2,4-7,9,12,16,18,24,26H,3,8,10,13-15,17,19-21H2,1H3,(H2,43,47)/b7-6+/t24-,26+,38+/m1/s1. The van der Waals surface area contributed by atoms with Crippen LogP contribution in [0, 0.1) is 29.9 Å². The number of nitrogens with two attached hydrogens (primary N) is 1. The van der Waals surface area contributed by atoms with Gasteiger partial charge in [0.15, 0.2) is 5.82 Å². The molecule has 3 atom stereocenters. The number of nitriles is 1. The number of aromatic nitrogens is 6. The van der Waals surface area contributed by atoms with E-state index in [4.69, 9.17) is 15.5 Å². The lowest BCUT2D eigenvalue weighted by Crippen LogP contribution is -2.55. The van der Waals surface area contributed by atoms with Gasteiger partial charge in [-0.2, -0.15) is 15.2 Å². The lowest BCUT2D eigenvalue weighted by atomic mass is 9.95. The van der Waals surface area contributed by atoms with E-state index in [1.807, 2.05) is 4.90 Å². The highest BCUT2D eigenvalue weighted by Gasteiger charge is 2.49. The summed E-state index contributed by atoms with van der Waals surface area (Å²) < 4.78 is 53.0. The number of aryl methyl sites for hydroxylation is 1. The first-order valence-electron chi connectivity index (χ1n) is 17.8. The molecule has 0 spiro atoms. The van der Waals surface area contributed by atoms with Crippen LogP contribution in [0.4, 0.5) is 24.8 Å². The average molecular weight is 736 g/mol. The molecule has 0 aliphatic carbocycles. The molecule has 1 aromatic carbocycles. The second kappa shape index (κ2) is 14.1. The molecule has 2 N–H and O–H groups in total. The first-order chi connectivity index (χ1) is 26.1. The van der Waals surface area contributed by atoms with Crippen LogP contribution in [0.15, 0.2) is 48.8 Å². The van der Waals surface area contributed by atoms with E-state index < -0.39 is 29.4 Å². The summed E-state index contributed by atoms with van der Waals surface area (Å²) in [6.45, 7) is 3.62. The highest BCUT2D eigenvalue weighted by atomic mass is 19.1. The van der Waals surface area contributed by atoms with Crippen molar-refractivity contribution in [2.45, 2.75) is 50.4 Å². The van der Waals surface area contributed by atoms with Gasteiger partial charge in [0.1, 0.15) is 53.0 Å². The van der Waals surface area contributed by atoms with Crippen LogP contribution in [0.25, 0.3) is 39.1 Å². The van der Waals surface area contributed by atoms with Gasteiger partial charge in [-0.3, -0.25) is 14.7 Å². The van der Waals surface area contributed by atoms with E-state index in [9.17, 15) is 14.4 Å². The SMILES string of the molecule is Cc1nccc(/C=C/C(=O)N2CCN(c3nc(OC[C@@]45CCCN4C[C@H](F)C5)nc4c(F)c(-c5nc(N)cc6cccc(F)c56)ncc34)C[C@@H]2CC#N)n1. The van der Waals surface area contributed by atoms with Gasteiger partial charge in [-0.25, -0.2) is 28.1 Å². The number of alkyl halides is 1. The van der Waals surface area contributed by atoms with Gasteiger partial charge >= 0.3 is 6.01 Å². The van der Waals surface area contributed by atoms with Crippen molar-refractivity contribution < 1.29 is 22.7 Å². The molecule has 3 fully saturated rings.